The van der Waals surface area contributed by atoms with E-state index in [1.807, 2.05) is 17.0 Å². The lowest BCUT2D eigenvalue weighted by molar-refractivity contribution is -0.135. The van der Waals surface area contributed by atoms with Crippen molar-refractivity contribution in [2.75, 3.05) is 39.3 Å². The summed E-state index contributed by atoms with van der Waals surface area (Å²) >= 11 is 0. The van der Waals surface area contributed by atoms with Crippen LogP contribution in [0.5, 0.6) is 11.5 Å². The molecule has 0 N–H and O–H groups in total. The van der Waals surface area contributed by atoms with Crippen LogP contribution in [0.1, 0.15) is 33.3 Å². The van der Waals surface area contributed by atoms with Crippen molar-refractivity contribution < 1.29 is 14.3 Å². The molecule has 0 spiro atoms. The first kappa shape index (κ1) is 18.1. The number of carbonyl (C=O) groups is 1. The Morgan fingerprint density at radius 3 is 2.64 bits per heavy atom. The molecule has 1 fully saturated rings. The van der Waals surface area contributed by atoms with Crippen molar-refractivity contribution in [1.82, 2.24) is 9.80 Å². The zero-order valence-corrected chi connectivity index (χ0v) is 15.9. The van der Waals surface area contributed by atoms with Crippen LogP contribution in [0.15, 0.2) is 18.2 Å². The molecule has 138 valence electrons. The van der Waals surface area contributed by atoms with Gasteiger partial charge in [-0.25, -0.2) is 0 Å². The number of carbonyl (C=O) groups excluding carboxylic acids is 1. The van der Waals surface area contributed by atoms with Gasteiger partial charge >= 0.3 is 0 Å². The molecule has 5 heteroatoms. The molecular weight excluding hydrogens is 316 g/mol. The summed E-state index contributed by atoms with van der Waals surface area (Å²) in [7, 11) is 0. The Labute approximate surface area is 150 Å². The second-order valence-corrected chi connectivity index (χ2v) is 8.15. The summed E-state index contributed by atoms with van der Waals surface area (Å²) in [4.78, 5) is 16.8. The van der Waals surface area contributed by atoms with Gasteiger partial charge in [-0.1, -0.05) is 26.0 Å². The summed E-state index contributed by atoms with van der Waals surface area (Å²) in [5.41, 5.74) is 0.940. The number of rotatable bonds is 5. The van der Waals surface area contributed by atoms with E-state index in [-0.39, 0.29) is 18.1 Å². The molecule has 2 heterocycles. The minimum Gasteiger partial charge on any atom is -0.483 e. The lowest BCUT2D eigenvalue weighted by Gasteiger charge is -2.35. The van der Waals surface area contributed by atoms with Gasteiger partial charge in [-0.15, -0.1) is 0 Å². The molecule has 2 aliphatic rings. The third-order valence-electron chi connectivity index (χ3n) is 4.75. The predicted octanol–water partition coefficient (Wildman–Crippen LogP) is 2.58. The number of nitrogens with zero attached hydrogens (tertiary/aromatic N) is 2. The van der Waals surface area contributed by atoms with Gasteiger partial charge in [0.15, 0.2) is 18.1 Å². The molecule has 1 amide bonds. The van der Waals surface area contributed by atoms with Crippen LogP contribution in [-0.2, 0) is 11.2 Å². The summed E-state index contributed by atoms with van der Waals surface area (Å²) in [5.74, 6) is 2.19. The second-order valence-electron chi connectivity index (χ2n) is 8.15. The van der Waals surface area contributed by atoms with Crippen molar-refractivity contribution in [3.63, 3.8) is 0 Å². The van der Waals surface area contributed by atoms with Gasteiger partial charge in [0.2, 0.25) is 0 Å². The summed E-state index contributed by atoms with van der Waals surface area (Å²) in [6, 6.07) is 5.91. The fourth-order valence-corrected chi connectivity index (χ4v) is 3.63. The first-order valence-electron chi connectivity index (χ1n) is 9.28. The Morgan fingerprint density at radius 2 is 1.96 bits per heavy atom. The number of hydrogen-bond acceptors (Lipinski definition) is 4. The Kier molecular flexibility index (Phi) is 5.23. The largest absolute Gasteiger partial charge is 0.483 e. The normalized spacial score (nSPS) is 19.6. The molecule has 0 unspecified atom stereocenters. The fraction of sp³-hybridized carbons (Fsp3) is 0.650. The molecule has 1 aromatic carbocycles. The lowest BCUT2D eigenvalue weighted by atomic mass is 10.0. The molecule has 0 aliphatic carbocycles. The molecule has 0 bridgehead atoms. The average Bonchev–Trinajstić information content (AvgIpc) is 2.87. The highest BCUT2D eigenvalue weighted by Gasteiger charge is 2.32. The third-order valence-corrected chi connectivity index (χ3v) is 4.75. The van der Waals surface area contributed by atoms with Crippen LogP contribution in [0.2, 0.25) is 0 Å². The Balaban J connectivity index is 1.52. The molecular formula is C20H30N2O3. The first-order chi connectivity index (χ1) is 11.8. The van der Waals surface area contributed by atoms with Gasteiger partial charge in [-0.3, -0.25) is 9.69 Å². The summed E-state index contributed by atoms with van der Waals surface area (Å²) in [6.45, 7) is 13.2. The quantitative estimate of drug-likeness (QED) is 0.822. The molecule has 2 aliphatic heterocycles. The van der Waals surface area contributed by atoms with Gasteiger partial charge in [-0.05, 0) is 25.8 Å². The maximum Gasteiger partial charge on any atom is 0.260 e. The van der Waals surface area contributed by atoms with Crippen LogP contribution in [0, 0.1) is 5.92 Å². The molecule has 1 saturated heterocycles. The Bertz CT molecular complexity index is 619. The van der Waals surface area contributed by atoms with E-state index < -0.39 is 0 Å². The van der Waals surface area contributed by atoms with Crippen LogP contribution in [0.25, 0.3) is 0 Å². The predicted molar refractivity (Wildman–Crippen MR) is 98.2 cm³/mol. The zero-order valence-electron chi connectivity index (χ0n) is 15.9. The zero-order chi connectivity index (χ0) is 18.0. The smallest absolute Gasteiger partial charge is 0.260 e. The van der Waals surface area contributed by atoms with Crippen LogP contribution in [0.4, 0.5) is 0 Å². The van der Waals surface area contributed by atoms with E-state index in [0.29, 0.717) is 11.7 Å². The van der Waals surface area contributed by atoms with E-state index in [2.05, 4.69) is 38.7 Å². The van der Waals surface area contributed by atoms with Crippen molar-refractivity contribution in [3.05, 3.63) is 23.8 Å². The number of hydrogen-bond donors (Lipinski definition) is 0. The van der Waals surface area contributed by atoms with Gasteiger partial charge in [0.1, 0.15) is 5.60 Å². The molecule has 0 radical (unpaired) electrons. The minimum atomic E-state index is -0.210. The minimum absolute atomic E-state index is 0.0547. The maximum absolute atomic E-state index is 12.5. The van der Waals surface area contributed by atoms with Crippen molar-refractivity contribution in [1.29, 1.82) is 0 Å². The molecule has 3 rings (SSSR count). The Morgan fingerprint density at radius 1 is 1.24 bits per heavy atom. The van der Waals surface area contributed by atoms with E-state index in [0.717, 1.165) is 50.5 Å². The highest BCUT2D eigenvalue weighted by atomic mass is 16.5. The van der Waals surface area contributed by atoms with Gasteiger partial charge in [0, 0.05) is 44.7 Å². The third kappa shape index (κ3) is 4.46. The fourth-order valence-electron chi connectivity index (χ4n) is 3.63. The molecule has 5 nitrogen and oxygen atoms in total. The van der Waals surface area contributed by atoms with Gasteiger partial charge < -0.3 is 14.4 Å². The van der Waals surface area contributed by atoms with E-state index >= 15 is 0 Å². The Hall–Kier alpha value is -1.75. The van der Waals surface area contributed by atoms with Crippen molar-refractivity contribution in [2.45, 2.75) is 39.7 Å². The van der Waals surface area contributed by atoms with Crippen molar-refractivity contribution >= 4 is 5.91 Å². The van der Waals surface area contributed by atoms with Crippen LogP contribution < -0.4 is 9.47 Å². The van der Waals surface area contributed by atoms with Crippen LogP contribution in [-0.4, -0.2) is 60.6 Å². The summed E-state index contributed by atoms with van der Waals surface area (Å²) in [5, 5.41) is 0. The van der Waals surface area contributed by atoms with Crippen molar-refractivity contribution in [3.8, 4) is 11.5 Å². The second kappa shape index (κ2) is 7.24. The number of piperazine rings is 1. The van der Waals surface area contributed by atoms with E-state index in [9.17, 15) is 4.79 Å². The molecule has 0 saturated carbocycles. The number of para-hydroxylation sites is 1. The van der Waals surface area contributed by atoms with Crippen LogP contribution >= 0.6 is 0 Å². The van der Waals surface area contributed by atoms with Gasteiger partial charge in [-0.2, -0.15) is 0 Å². The maximum atomic E-state index is 12.5. The molecule has 25 heavy (non-hydrogen) atoms. The standard InChI is InChI=1S/C20H30N2O3/c1-15(2)13-21-8-10-22(11-9-21)18(23)14-24-17-7-5-6-16-12-20(3,4)25-19(16)17/h5-7,15H,8-14H2,1-4H3. The first-order valence-corrected chi connectivity index (χ1v) is 9.28. The number of benzene rings is 1. The van der Waals surface area contributed by atoms with Gasteiger partial charge in [0.05, 0.1) is 0 Å². The van der Waals surface area contributed by atoms with E-state index in [1.165, 1.54) is 0 Å². The van der Waals surface area contributed by atoms with Crippen molar-refractivity contribution in [2.24, 2.45) is 5.92 Å². The van der Waals surface area contributed by atoms with Crippen LogP contribution in [0.3, 0.4) is 0 Å². The van der Waals surface area contributed by atoms with Gasteiger partial charge in [0.25, 0.3) is 5.91 Å². The van der Waals surface area contributed by atoms with E-state index in [4.69, 9.17) is 9.47 Å². The number of ether oxygens (including phenoxy) is 2. The molecule has 0 aromatic heterocycles. The highest BCUT2D eigenvalue weighted by molar-refractivity contribution is 5.78. The van der Waals surface area contributed by atoms with E-state index in [1.54, 1.807) is 0 Å². The highest BCUT2D eigenvalue weighted by Crippen LogP contribution is 2.41. The topological polar surface area (TPSA) is 42.0 Å². The summed E-state index contributed by atoms with van der Waals surface area (Å²) in [6.07, 6.45) is 0.866. The molecule has 1 aromatic rings. The SMILES string of the molecule is CC(C)CN1CCN(C(=O)COc2cccc3c2OC(C)(C)C3)CC1. The number of amides is 1. The monoisotopic (exact) mass is 346 g/mol. The lowest BCUT2D eigenvalue weighted by Crippen LogP contribution is -2.50. The number of fused-ring (bicyclic) bond motifs is 1. The molecule has 0 atom stereocenters. The average molecular weight is 346 g/mol. The summed E-state index contributed by atoms with van der Waals surface area (Å²) < 4.78 is 11.8.